The molecular formula is C33H38N4O7. The first-order valence-corrected chi connectivity index (χ1v) is 14.8. The lowest BCUT2D eigenvalue weighted by atomic mass is 10.0. The highest BCUT2D eigenvalue weighted by Crippen LogP contribution is 2.28. The van der Waals surface area contributed by atoms with Crippen LogP contribution in [0.15, 0.2) is 70.3 Å². The summed E-state index contributed by atoms with van der Waals surface area (Å²) in [4.78, 5) is 53.9. The molecule has 1 fully saturated rings. The van der Waals surface area contributed by atoms with Crippen LogP contribution in [0, 0.1) is 5.92 Å². The fourth-order valence-corrected chi connectivity index (χ4v) is 5.75. The number of nitrogens with one attached hydrogen (secondary N) is 1. The number of methoxy groups -OCH3 is 2. The third-order valence-electron chi connectivity index (χ3n) is 8.14. The highest BCUT2D eigenvalue weighted by molar-refractivity contribution is 5.79. The van der Waals surface area contributed by atoms with E-state index in [1.807, 2.05) is 24.3 Å². The number of aromatic nitrogens is 2. The molecule has 0 bridgehead atoms. The molecule has 2 aromatic carbocycles. The number of benzene rings is 2. The Labute approximate surface area is 255 Å². The Bertz CT molecular complexity index is 1710. The number of allylic oxidation sites excluding steroid dienone is 3. The predicted molar refractivity (Wildman–Crippen MR) is 166 cm³/mol. The molecule has 3 aromatic rings. The van der Waals surface area contributed by atoms with E-state index in [1.54, 1.807) is 46.9 Å². The van der Waals surface area contributed by atoms with Gasteiger partial charge in [-0.2, -0.15) is 0 Å². The summed E-state index contributed by atoms with van der Waals surface area (Å²) in [6, 6.07) is 10.3. The van der Waals surface area contributed by atoms with Crippen molar-refractivity contribution in [3.05, 3.63) is 92.7 Å². The second-order valence-corrected chi connectivity index (χ2v) is 11.1. The molecule has 11 nitrogen and oxygen atoms in total. The normalized spacial score (nSPS) is 16.6. The Hall–Kier alpha value is -4.80. The van der Waals surface area contributed by atoms with Crippen LogP contribution in [0.3, 0.4) is 0 Å². The standard InChI is InChI=1S/C33H38N4O7/c1-22(38)34-19-24-9-11-28-27(17-24)31(39)36(20-25-10-12-29(42-2)30(18-25)43-3)32(40)37(28)26-13-15-35(16-14-26)33(41)44-21-23-7-5-4-6-8-23/h4-7,9-12,17-18,23,26H,8,13-16,19-21H2,1-3H3,(H,34,38). The molecule has 5 rings (SSSR count). The second-order valence-electron chi connectivity index (χ2n) is 11.1. The zero-order valence-corrected chi connectivity index (χ0v) is 25.3. The average molecular weight is 603 g/mol. The smallest absolute Gasteiger partial charge is 0.409 e. The first-order chi connectivity index (χ1) is 21.3. The highest BCUT2D eigenvalue weighted by Gasteiger charge is 2.28. The van der Waals surface area contributed by atoms with E-state index in [1.165, 1.54) is 18.6 Å². The van der Waals surface area contributed by atoms with Crippen LogP contribution in [0.1, 0.15) is 43.4 Å². The Balaban J connectivity index is 1.44. The summed E-state index contributed by atoms with van der Waals surface area (Å²) in [5.74, 6) is 1.03. The van der Waals surface area contributed by atoms with Crippen LogP contribution in [-0.4, -0.2) is 60.0 Å². The molecule has 0 saturated carbocycles. The van der Waals surface area contributed by atoms with E-state index in [0.29, 0.717) is 60.5 Å². The van der Waals surface area contributed by atoms with Crippen molar-refractivity contribution in [3.8, 4) is 11.5 Å². The Morgan fingerprint density at radius 2 is 1.70 bits per heavy atom. The lowest BCUT2D eigenvalue weighted by Crippen LogP contribution is -2.45. The molecular weight excluding hydrogens is 564 g/mol. The van der Waals surface area contributed by atoms with Crippen LogP contribution in [0.5, 0.6) is 11.5 Å². The Kier molecular flexibility index (Phi) is 9.52. The Morgan fingerprint density at radius 1 is 0.955 bits per heavy atom. The molecule has 2 aliphatic rings. The van der Waals surface area contributed by atoms with Crippen LogP contribution >= 0.6 is 0 Å². The summed E-state index contributed by atoms with van der Waals surface area (Å²) >= 11 is 0. The van der Waals surface area contributed by atoms with Gasteiger partial charge in [0.15, 0.2) is 11.5 Å². The molecule has 2 amide bonds. The van der Waals surface area contributed by atoms with Gasteiger partial charge in [0.25, 0.3) is 5.56 Å². The number of amides is 2. The maximum Gasteiger partial charge on any atom is 0.409 e. The van der Waals surface area contributed by atoms with E-state index in [0.717, 1.165) is 12.0 Å². The number of nitrogens with zero attached hydrogens (tertiary/aromatic N) is 3. The van der Waals surface area contributed by atoms with Gasteiger partial charge in [0.1, 0.15) is 0 Å². The number of rotatable bonds is 9. The van der Waals surface area contributed by atoms with Crippen molar-refractivity contribution in [1.82, 2.24) is 19.4 Å². The van der Waals surface area contributed by atoms with Gasteiger partial charge >= 0.3 is 11.8 Å². The summed E-state index contributed by atoms with van der Waals surface area (Å²) in [7, 11) is 3.07. The molecule has 232 valence electrons. The van der Waals surface area contributed by atoms with Crippen LogP contribution in [0.25, 0.3) is 10.9 Å². The lowest BCUT2D eigenvalue weighted by molar-refractivity contribution is -0.119. The van der Waals surface area contributed by atoms with Crippen molar-refractivity contribution in [1.29, 1.82) is 0 Å². The van der Waals surface area contributed by atoms with E-state index in [9.17, 15) is 19.2 Å². The minimum Gasteiger partial charge on any atom is -0.493 e. The molecule has 0 spiro atoms. The second kappa shape index (κ2) is 13.7. The van der Waals surface area contributed by atoms with E-state index >= 15 is 0 Å². The fourth-order valence-electron chi connectivity index (χ4n) is 5.75. The van der Waals surface area contributed by atoms with Gasteiger partial charge in [-0.15, -0.1) is 0 Å². The largest absolute Gasteiger partial charge is 0.493 e. The molecule has 1 atom stereocenters. The zero-order valence-electron chi connectivity index (χ0n) is 25.3. The van der Waals surface area contributed by atoms with Gasteiger partial charge in [0.2, 0.25) is 5.91 Å². The Morgan fingerprint density at radius 3 is 2.39 bits per heavy atom. The fraction of sp³-hybridized carbons (Fsp3) is 0.394. The maximum atomic E-state index is 14.1. The molecule has 1 aromatic heterocycles. The molecule has 1 unspecified atom stereocenters. The quantitative estimate of drug-likeness (QED) is 0.396. The first-order valence-electron chi connectivity index (χ1n) is 14.8. The van der Waals surface area contributed by atoms with Gasteiger partial charge < -0.3 is 24.4 Å². The van der Waals surface area contributed by atoms with Gasteiger partial charge in [-0.1, -0.05) is 36.4 Å². The lowest BCUT2D eigenvalue weighted by Gasteiger charge is -2.33. The number of carbonyl (C=O) groups excluding carboxylic acids is 2. The molecule has 1 N–H and O–H groups in total. The zero-order chi connectivity index (χ0) is 31.2. The van der Waals surface area contributed by atoms with Crippen molar-refractivity contribution in [2.75, 3.05) is 33.9 Å². The third kappa shape index (κ3) is 6.72. The van der Waals surface area contributed by atoms with Crippen molar-refractivity contribution in [3.63, 3.8) is 0 Å². The van der Waals surface area contributed by atoms with Crippen LogP contribution in [0.4, 0.5) is 4.79 Å². The van der Waals surface area contributed by atoms with Gasteiger partial charge in [-0.05, 0) is 54.7 Å². The SMILES string of the molecule is COc1ccc(Cn2c(=O)c3cc(CNC(C)=O)ccc3n(C3CCN(C(=O)OCC4C=CC=CC4)CC3)c2=O)cc1OC. The first kappa shape index (κ1) is 30.7. The van der Waals surface area contributed by atoms with Crippen molar-refractivity contribution >= 4 is 22.9 Å². The van der Waals surface area contributed by atoms with Crippen molar-refractivity contribution < 1.29 is 23.8 Å². The summed E-state index contributed by atoms with van der Waals surface area (Å²) in [5, 5.41) is 3.14. The summed E-state index contributed by atoms with van der Waals surface area (Å²) in [6.45, 7) is 2.89. The van der Waals surface area contributed by atoms with Crippen LogP contribution < -0.4 is 26.0 Å². The van der Waals surface area contributed by atoms with Crippen molar-refractivity contribution in [2.45, 2.75) is 45.3 Å². The van der Waals surface area contributed by atoms with Crippen LogP contribution in [0.2, 0.25) is 0 Å². The number of hydrogen-bond donors (Lipinski definition) is 1. The summed E-state index contributed by atoms with van der Waals surface area (Å²) in [5.41, 5.74) is 1.11. The summed E-state index contributed by atoms with van der Waals surface area (Å²) < 4.78 is 19.3. The monoisotopic (exact) mass is 602 g/mol. The van der Waals surface area contributed by atoms with Gasteiger partial charge in [0, 0.05) is 38.5 Å². The molecule has 2 heterocycles. The maximum absolute atomic E-state index is 14.1. The molecule has 1 saturated heterocycles. The minimum atomic E-state index is -0.426. The van der Waals surface area contributed by atoms with Crippen LogP contribution in [-0.2, 0) is 22.6 Å². The predicted octanol–water partition coefficient (Wildman–Crippen LogP) is 3.77. The van der Waals surface area contributed by atoms with Gasteiger partial charge in [0.05, 0.1) is 38.3 Å². The topological polar surface area (TPSA) is 121 Å². The molecule has 11 heteroatoms. The number of carbonyl (C=O) groups is 2. The highest BCUT2D eigenvalue weighted by atomic mass is 16.6. The van der Waals surface area contributed by atoms with Gasteiger partial charge in [-0.3, -0.25) is 18.7 Å². The summed E-state index contributed by atoms with van der Waals surface area (Å²) in [6.07, 6.45) is 9.57. The van der Waals surface area contributed by atoms with Gasteiger partial charge in [-0.25, -0.2) is 9.59 Å². The molecule has 1 aliphatic heterocycles. The van der Waals surface area contributed by atoms with E-state index in [4.69, 9.17) is 14.2 Å². The number of hydrogen-bond acceptors (Lipinski definition) is 7. The minimum absolute atomic E-state index is 0.0276. The van der Waals surface area contributed by atoms with E-state index in [2.05, 4.69) is 11.4 Å². The number of fused-ring (bicyclic) bond motifs is 1. The van der Waals surface area contributed by atoms with E-state index in [-0.39, 0.29) is 37.0 Å². The molecule has 1 aliphatic carbocycles. The third-order valence-corrected chi connectivity index (χ3v) is 8.14. The molecule has 0 radical (unpaired) electrons. The average Bonchev–Trinajstić information content (AvgIpc) is 3.05. The van der Waals surface area contributed by atoms with Crippen molar-refractivity contribution in [2.24, 2.45) is 5.92 Å². The van der Waals surface area contributed by atoms with E-state index < -0.39 is 11.2 Å². The number of likely N-dealkylation sites (tertiary alicyclic amines) is 1. The molecule has 44 heavy (non-hydrogen) atoms. The number of ether oxygens (including phenoxy) is 3. The number of piperidine rings is 1.